The lowest BCUT2D eigenvalue weighted by Crippen LogP contribution is -2.53. The minimum atomic E-state index is -5.21. The predicted molar refractivity (Wildman–Crippen MR) is 139 cm³/mol. The Morgan fingerprint density at radius 2 is 1.43 bits per heavy atom. The lowest BCUT2D eigenvalue weighted by molar-refractivity contribution is -0.143. The van der Waals surface area contributed by atoms with E-state index < -0.39 is 64.2 Å². The van der Waals surface area contributed by atoms with E-state index in [-0.39, 0.29) is 18.9 Å². The van der Waals surface area contributed by atoms with Crippen molar-refractivity contribution in [3.63, 3.8) is 0 Å². The van der Waals surface area contributed by atoms with Gasteiger partial charge in [0.1, 0.15) is 5.75 Å². The van der Waals surface area contributed by atoms with E-state index in [2.05, 4.69) is 10.2 Å². The maximum absolute atomic E-state index is 13.8. The molecule has 3 rings (SSSR count). The number of benzene rings is 2. The minimum Gasteiger partial charge on any atom is -0.496 e. The van der Waals surface area contributed by atoms with Crippen LogP contribution in [0.15, 0.2) is 42.5 Å². The van der Waals surface area contributed by atoms with Crippen LogP contribution < -0.4 is 10.1 Å². The first kappa shape index (κ1) is 34.4. The number of hydrogen-bond acceptors (Lipinski definition) is 5. The topological polar surface area (TPSA) is 116 Å². The number of aliphatic carboxylic acids is 2. The van der Waals surface area contributed by atoms with E-state index >= 15 is 0 Å². The van der Waals surface area contributed by atoms with E-state index in [1.165, 1.54) is 0 Å². The van der Waals surface area contributed by atoms with Crippen molar-refractivity contribution in [1.29, 1.82) is 0 Å². The van der Waals surface area contributed by atoms with E-state index in [1.54, 1.807) is 30.3 Å². The second kappa shape index (κ2) is 13.9. The van der Waals surface area contributed by atoms with E-state index in [1.807, 2.05) is 13.8 Å². The molecule has 14 heteroatoms. The average Bonchev–Trinajstić information content (AvgIpc) is 3.45. The highest BCUT2D eigenvalue weighted by Crippen LogP contribution is 2.42. The van der Waals surface area contributed by atoms with Crippen LogP contribution in [0.5, 0.6) is 5.75 Å². The van der Waals surface area contributed by atoms with Crippen molar-refractivity contribution in [2.24, 2.45) is 0 Å². The molecule has 1 heterocycles. The third-order valence-electron chi connectivity index (χ3n) is 6.77. The summed E-state index contributed by atoms with van der Waals surface area (Å²) >= 11 is 0. The van der Waals surface area contributed by atoms with Crippen LogP contribution in [-0.2, 0) is 21.9 Å². The largest absolute Gasteiger partial charge is 0.496 e. The summed E-state index contributed by atoms with van der Waals surface area (Å²) in [7, 11) is 0.926. The molecular formula is C28H32F6N2O6. The number of halogens is 6. The summed E-state index contributed by atoms with van der Waals surface area (Å²) in [5, 5.41) is 18.5. The second-order valence-corrected chi connectivity index (χ2v) is 10.0. The molecular weight excluding hydrogens is 574 g/mol. The number of nitrogens with one attached hydrogen (secondary N) is 1. The first-order chi connectivity index (χ1) is 19.4. The molecule has 3 N–H and O–H groups in total. The number of likely N-dealkylation sites (tertiary alicyclic amines) is 1. The second-order valence-electron chi connectivity index (χ2n) is 10.0. The molecule has 2 aromatic rings. The van der Waals surface area contributed by atoms with Gasteiger partial charge in [-0.25, -0.2) is 0 Å². The Bertz CT molecular complexity index is 1230. The molecule has 1 saturated heterocycles. The number of alkyl halides is 6. The lowest BCUT2D eigenvalue weighted by atomic mass is 9.86. The Hall–Kier alpha value is -3.81. The Labute approximate surface area is 238 Å². The fourth-order valence-corrected chi connectivity index (χ4v) is 4.60. The van der Waals surface area contributed by atoms with Gasteiger partial charge < -0.3 is 20.3 Å². The Morgan fingerprint density at radius 1 is 0.905 bits per heavy atom. The van der Waals surface area contributed by atoms with Gasteiger partial charge in [-0.3, -0.25) is 19.3 Å². The van der Waals surface area contributed by atoms with Gasteiger partial charge in [-0.1, -0.05) is 30.3 Å². The zero-order valence-electron chi connectivity index (χ0n) is 23.1. The van der Waals surface area contributed by atoms with E-state index in [0.29, 0.717) is 11.6 Å². The van der Waals surface area contributed by atoms with Gasteiger partial charge >= 0.3 is 24.3 Å². The smallest absolute Gasteiger partial charge is 0.417 e. The molecule has 42 heavy (non-hydrogen) atoms. The highest BCUT2D eigenvalue weighted by atomic mass is 19.4. The van der Waals surface area contributed by atoms with Crippen molar-refractivity contribution in [2.45, 2.75) is 63.5 Å². The number of carbonyl (C=O) groups is 3. The average molecular weight is 607 g/mol. The van der Waals surface area contributed by atoms with E-state index in [9.17, 15) is 40.7 Å². The van der Waals surface area contributed by atoms with Crippen LogP contribution in [0.3, 0.4) is 0 Å². The van der Waals surface area contributed by atoms with E-state index in [4.69, 9.17) is 14.9 Å². The molecule has 1 unspecified atom stereocenters. The minimum absolute atomic E-state index is 0.0550. The van der Waals surface area contributed by atoms with Gasteiger partial charge in [0, 0.05) is 5.54 Å². The van der Waals surface area contributed by atoms with Crippen LogP contribution in [0.4, 0.5) is 26.3 Å². The molecule has 0 spiro atoms. The molecule has 8 nitrogen and oxygen atoms in total. The number of carboxylic acids is 2. The number of ether oxygens (including phenoxy) is 1. The van der Waals surface area contributed by atoms with Crippen molar-refractivity contribution in [2.75, 3.05) is 20.2 Å². The van der Waals surface area contributed by atoms with Gasteiger partial charge in [0.15, 0.2) is 0 Å². The van der Waals surface area contributed by atoms with Gasteiger partial charge in [-0.15, -0.1) is 0 Å². The number of carbonyl (C=O) groups excluding carboxylic acids is 1. The van der Waals surface area contributed by atoms with Crippen LogP contribution in [-0.4, -0.2) is 58.7 Å². The highest BCUT2D eigenvalue weighted by molar-refractivity contribution is 5.99. The quantitative estimate of drug-likeness (QED) is 0.299. The summed E-state index contributed by atoms with van der Waals surface area (Å²) < 4.78 is 86.0. The standard InChI is InChI=1S/C24H26F6N2O2.C4H6O4/c1-22(2,32-11-7-8-12-32)20(15-9-5-4-6-10-15)31-21(33)19-17(24(28,29)30)13-16(23(25,26)27)14-18(19)34-3;5-3(6)1-2-4(7)8/h4-6,9-10,13-14,20H,7-8,11-12H2,1-3H3,(H,31,33);1-2H2,(H,5,6)(H,7,8). The molecule has 0 aromatic heterocycles. The van der Waals surface area contributed by atoms with Crippen LogP contribution >= 0.6 is 0 Å². The van der Waals surface area contributed by atoms with Crippen LogP contribution in [0.1, 0.15) is 72.6 Å². The maximum atomic E-state index is 13.8. The van der Waals surface area contributed by atoms with Crippen LogP contribution in [0.2, 0.25) is 0 Å². The van der Waals surface area contributed by atoms with Crippen LogP contribution in [0.25, 0.3) is 0 Å². The normalized spacial score (nSPS) is 14.9. The van der Waals surface area contributed by atoms with Gasteiger partial charge in [0.2, 0.25) is 0 Å². The predicted octanol–water partition coefficient (Wildman–Crippen LogP) is 6.01. The Morgan fingerprint density at radius 3 is 1.86 bits per heavy atom. The summed E-state index contributed by atoms with van der Waals surface area (Å²) in [6.45, 7) is 5.27. The number of nitrogens with zero attached hydrogens (tertiary/aromatic N) is 1. The van der Waals surface area contributed by atoms with Crippen LogP contribution in [0, 0.1) is 0 Å². The van der Waals surface area contributed by atoms with Crippen molar-refractivity contribution < 1.29 is 55.7 Å². The molecule has 0 radical (unpaired) electrons. The first-order valence-corrected chi connectivity index (χ1v) is 12.8. The molecule has 1 amide bonds. The summed E-state index contributed by atoms with van der Waals surface area (Å²) in [4.78, 5) is 34.7. The van der Waals surface area contributed by atoms with Crippen molar-refractivity contribution >= 4 is 17.8 Å². The molecule has 2 aromatic carbocycles. The Balaban J connectivity index is 0.000000675. The molecule has 1 atom stereocenters. The fraction of sp³-hybridized carbons (Fsp3) is 0.464. The molecule has 0 saturated carbocycles. The number of amides is 1. The zero-order chi connectivity index (χ0) is 31.9. The monoisotopic (exact) mass is 606 g/mol. The van der Waals surface area contributed by atoms with Crippen molar-refractivity contribution in [3.05, 3.63) is 64.7 Å². The first-order valence-electron chi connectivity index (χ1n) is 12.8. The molecule has 1 aliphatic heterocycles. The lowest BCUT2D eigenvalue weighted by Gasteiger charge is -2.42. The molecule has 232 valence electrons. The SMILES string of the molecule is COc1cc(C(F)(F)F)cc(C(F)(F)F)c1C(=O)NC(c1ccccc1)C(C)(C)N1CCCC1.O=C(O)CCC(=O)O. The highest BCUT2D eigenvalue weighted by Gasteiger charge is 2.44. The number of methoxy groups -OCH3 is 1. The number of hydrogen-bond donors (Lipinski definition) is 3. The molecule has 1 aliphatic rings. The van der Waals surface area contributed by atoms with Gasteiger partial charge in [-0.2, -0.15) is 26.3 Å². The maximum Gasteiger partial charge on any atom is 0.417 e. The third-order valence-corrected chi connectivity index (χ3v) is 6.77. The summed E-state index contributed by atoms with van der Waals surface area (Å²) in [6.07, 6.45) is -8.96. The fourth-order valence-electron chi connectivity index (χ4n) is 4.60. The number of rotatable bonds is 9. The van der Waals surface area contributed by atoms with Crippen molar-refractivity contribution in [3.8, 4) is 5.75 Å². The molecule has 1 fully saturated rings. The summed E-state index contributed by atoms with van der Waals surface area (Å²) in [5.74, 6) is -4.12. The van der Waals surface area contributed by atoms with Crippen molar-refractivity contribution in [1.82, 2.24) is 10.2 Å². The molecule has 0 aliphatic carbocycles. The van der Waals surface area contributed by atoms with Gasteiger partial charge in [0.25, 0.3) is 5.91 Å². The summed E-state index contributed by atoms with van der Waals surface area (Å²) in [5.41, 5.74) is -4.27. The Kier molecular flexibility index (Phi) is 11.4. The third kappa shape index (κ3) is 9.10. The van der Waals surface area contributed by atoms with E-state index in [0.717, 1.165) is 33.0 Å². The number of carboxylic acid groups (broad SMARTS) is 2. The summed E-state index contributed by atoms with van der Waals surface area (Å²) in [6, 6.07) is 8.37. The van der Waals surface area contributed by atoms with Gasteiger partial charge in [0.05, 0.1) is 42.7 Å². The van der Waals surface area contributed by atoms with Gasteiger partial charge in [-0.05, 0) is 57.5 Å². The molecule has 0 bridgehead atoms. The zero-order valence-corrected chi connectivity index (χ0v) is 23.1.